The van der Waals surface area contributed by atoms with Crippen LogP contribution in [-0.4, -0.2) is 22.8 Å². The second-order valence-corrected chi connectivity index (χ2v) is 7.07. The molecule has 3 nitrogen and oxygen atoms in total. The fourth-order valence-electron chi connectivity index (χ4n) is 3.53. The highest BCUT2D eigenvalue weighted by molar-refractivity contribution is 6.30. The Kier molecular flexibility index (Phi) is 5.77. The molecule has 0 spiro atoms. The molecule has 1 aliphatic rings. The lowest BCUT2D eigenvalue weighted by Gasteiger charge is -2.31. The van der Waals surface area contributed by atoms with Crippen LogP contribution in [-0.2, 0) is 0 Å². The maximum absolute atomic E-state index is 10.3. The van der Waals surface area contributed by atoms with Gasteiger partial charge in [0.05, 0.1) is 6.10 Å². The minimum Gasteiger partial charge on any atom is -0.508 e. The van der Waals surface area contributed by atoms with E-state index in [1.165, 1.54) is 18.4 Å². The van der Waals surface area contributed by atoms with Crippen LogP contribution in [0.3, 0.4) is 0 Å². The van der Waals surface area contributed by atoms with Gasteiger partial charge in [-0.25, -0.2) is 0 Å². The average Bonchev–Trinajstić information content (AvgIpc) is 2.60. The van der Waals surface area contributed by atoms with Crippen LogP contribution in [0.15, 0.2) is 48.5 Å². The number of hydrogen-bond acceptors (Lipinski definition) is 3. The summed E-state index contributed by atoms with van der Waals surface area (Å²) in [5, 5.41) is 23.9. The highest BCUT2D eigenvalue weighted by atomic mass is 35.5. The molecule has 2 aromatic carbocycles. The van der Waals surface area contributed by atoms with Crippen LogP contribution in [0.1, 0.15) is 48.8 Å². The lowest BCUT2D eigenvalue weighted by molar-refractivity contribution is 0.164. The number of phenols is 1. The summed E-state index contributed by atoms with van der Waals surface area (Å²) >= 11 is 5.99. The molecule has 0 heterocycles. The molecule has 0 bridgehead atoms. The third-order valence-corrected chi connectivity index (χ3v) is 5.11. The van der Waals surface area contributed by atoms with Crippen LogP contribution in [0.2, 0.25) is 5.02 Å². The van der Waals surface area contributed by atoms with Gasteiger partial charge in [-0.2, -0.15) is 0 Å². The van der Waals surface area contributed by atoms with E-state index < -0.39 is 6.10 Å². The first-order valence-corrected chi connectivity index (χ1v) is 8.95. The summed E-state index contributed by atoms with van der Waals surface area (Å²) in [6, 6.07) is 15.4. The van der Waals surface area contributed by atoms with Crippen molar-refractivity contribution in [2.24, 2.45) is 0 Å². The Bertz CT molecular complexity index is 659. The van der Waals surface area contributed by atoms with Gasteiger partial charge in [0, 0.05) is 17.6 Å². The van der Waals surface area contributed by atoms with Crippen molar-refractivity contribution in [2.75, 3.05) is 6.54 Å². The third kappa shape index (κ3) is 4.50. The number of aliphatic hydroxyl groups is 1. The highest BCUT2D eigenvalue weighted by Crippen LogP contribution is 2.33. The summed E-state index contributed by atoms with van der Waals surface area (Å²) in [6.07, 6.45) is 4.01. The molecule has 3 atom stereocenters. The van der Waals surface area contributed by atoms with Gasteiger partial charge in [0.1, 0.15) is 5.75 Å². The first-order chi connectivity index (χ1) is 11.6. The van der Waals surface area contributed by atoms with Gasteiger partial charge in [0.25, 0.3) is 0 Å². The van der Waals surface area contributed by atoms with Gasteiger partial charge < -0.3 is 15.5 Å². The van der Waals surface area contributed by atoms with Gasteiger partial charge in [0.2, 0.25) is 0 Å². The van der Waals surface area contributed by atoms with Crippen LogP contribution in [0, 0.1) is 0 Å². The fourth-order valence-corrected chi connectivity index (χ4v) is 3.73. The quantitative estimate of drug-likeness (QED) is 0.753. The van der Waals surface area contributed by atoms with E-state index >= 15 is 0 Å². The van der Waals surface area contributed by atoms with E-state index in [0.717, 1.165) is 18.4 Å². The van der Waals surface area contributed by atoms with Crippen molar-refractivity contribution < 1.29 is 10.2 Å². The maximum Gasteiger partial charge on any atom is 0.115 e. The zero-order valence-corrected chi connectivity index (χ0v) is 14.4. The van der Waals surface area contributed by atoms with Crippen molar-refractivity contribution in [2.45, 2.75) is 43.7 Å². The average molecular weight is 346 g/mol. The molecule has 1 aliphatic carbocycles. The largest absolute Gasteiger partial charge is 0.508 e. The Morgan fingerprint density at radius 3 is 2.67 bits per heavy atom. The van der Waals surface area contributed by atoms with Crippen molar-refractivity contribution in [1.29, 1.82) is 0 Å². The van der Waals surface area contributed by atoms with Crippen LogP contribution in [0.5, 0.6) is 5.75 Å². The lowest BCUT2D eigenvalue weighted by Crippen LogP contribution is -2.36. The second-order valence-electron chi connectivity index (χ2n) is 6.63. The van der Waals surface area contributed by atoms with Crippen molar-refractivity contribution >= 4 is 11.6 Å². The summed E-state index contributed by atoms with van der Waals surface area (Å²) in [5.74, 6) is 0.828. The Hall–Kier alpha value is -1.55. The Labute approximate surface area is 148 Å². The SMILES string of the molecule is Oc1ccc(C2CCCC(NCC(O)c3cccc(Cl)c3)C2)cc1. The standard InChI is InChI=1S/C20H24ClNO2/c21-17-5-1-4-16(11-17)20(24)13-22-18-6-2-3-15(12-18)14-7-9-19(23)10-8-14/h1,4-5,7-11,15,18,20,22-24H,2-3,6,12-13H2. The van der Waals surface area contributed by atoms with Crippen LogP contribution in [0.4, 0.5) is 0 Å². The van der Waals surface area contributed by atoms with E-state index in [2.05, 4.69) is 5.32 Å². The number of nitrogens with one attached hydrogen (secondary N) is 1. The molecule has 0 aliphatic heterocycles. The van der Waals surface area contributed by atoms with Gasteiger partial charge in [0.15, 0.2) is 0 Å². The first-order valence-electron chi connectivity index (χ1n) is 8.57. The zero-order valence-electron chi connectivity index (χ0n) is 13.7. The minimum atomic E-state index is -0.544. The van der Waals surface area contributed by atoms with E-state index in [0.29, 0.717) is 29.3 Å². The van der Waals surface area contributed by atoms with E-state index in [9.17, 15) is 10.2 Å². The van der Waals surface area contributed by atoms with Crippen molar-refractivity contribution in [3.8, 4) is 5.75 Å². The normalized spacial score (nSPS) is 22.2. The van der Waals surface area contributed by atoms with Crippen LogP contribution >= 0.6 is 11.6 Å². The summed E-state index contributed by atoms with van der Waals surface area (Å²) in [6.45, 7) is 0.535. The van der Waals surface area contributed by atoms with Gasteiger partial charge >= 0.3 is 0 Å². The van der Waals surface area contributed by atoms with E-state index in [1.54, 1.807) is 12.1 Å². The Morgan fingerprint density at radius 1 is 1.12 bits per heavy atom. The molecule has 0 radical (unpaired) electrons. The molecule has 2 aromatic rings. The number of phenolic OH excluding ortho intramolecular Hbond substituents is 1. The first kappa shape index (κ1) is 17.3. The smallest absolute Gasteiger partial charge is 0.115 e. The summed E-state index contributed by atoms with van der Waals surface area (Å²) in [7, 11) is 0. The fraction of sp³-hybridized carbons (Fsp3) is 0.400. The topological polar surface area (TPSA) is 52.5 Å². The number of hydrogen-bond donors (Lipinski definition) is 3. The van der Waals surface area contributed by atoms with Gasteiger partial charge in [-0.3, -0.25) is 0 Å². The predicted molar refractivity (Wildman–Crippen MR) is 97.5 cm³/mol. The van der Waals surface area contributed by atoms with E-state index in [4.69, 9.17) is 11.6 Å². The third-order valence-electron chi connectivity index (χ3n) is 4.87. The summed E-state index contributed by atoms with van der Waals surface area (Å²) < 4.78 is 0. The number of rotatable bonds is 5. The molecular weight excluding hydrogens is 322 g/mol. The molecule has 3 unspecified atom stereocenters. The van der Waals surface area contributed by atoms with Crippen LogP contribution < -0.4 is 5.32 Å². The minimum absolute atomic E-state index is 0.314. The van der Waals surface area contributed by atoms with Gasteiger partial charge in [-0.05, 0) is 60.6 Å². The molecular formula is C20H24ClNO2. The molecule has 0 aromatic heterocycles. The maximum atomic E-state index is 10.3. The molecule has 128 valence electrons. The predicted octanol–water partition coefficient (Wildman–Crippen LogP) is 4.40. The number of benzene rings is 2. The molecule has 24 heavy (non-hydrogen) atoms. The molecule has 0 saturated heterocycles. The molecule has 1 saturated carbocycles. The Morgan fingerprint density at radius 2 is 1.92 bits per heavy atom. The molecule has 0 amide bonds. The van der Waals surface area contributed by atoms with Crippen LogP contribution in [0.25, 0.3) is 0 Å². The van der Waals surface area contributed by atoms with Crippen molar-refractivity contribution in [1.82, 2.24) is 5.32 Å². The molecule has 1 fully saturated rings. The number of halogens is 1. The monoisotopic (exact) mass is 345 g/mol. The zero-order chi connectivity index (χ0) is 16.9. The summed E-state index contributed by atoms with van der Waals surface area (Å²) in [5.41, 5.74) is 2.13. The number of aromatic hydroxyl groups is 1. The van der Waals surface area contributed by atoms with Crippen molar-refractivity contribution in [3.63, 3.8) is 0 Å². The van der Waals surface area contributed by atoms with E-state index in [1.807, 2.05) is 36.4 Å². The molecule has 3 N–H and O–H groups in total. The highest BCUT2D eigenvalue weighted by Gasteiger charge is 2.23. The Balaban J connectivity index is 1.54. The second kappa shape index (κ2) is 8.02. The van der Waals surface area contributed by atoms with E-state index in [-0.39, 0.29) is 0 Å². The number of aliphatic hydroxyl groups excluding tert-OH is 1. The summed E-state index contributed by atoms with van der Waals surface area (Å²) in [4.78, 5) is 0. The van der Waals surface area contributed by atoms with Crippen molar-refractivity contribution in [3.05, 3.63) is 64.7 Å². The molecule has 4 heteroatoms. The lowest BCUT2D eigenvalue weighted by atomic mass is 9.81. The molecule has 3 rings (SSSR count). The van der Waals surface area contributed by atoms with Gasteiger partial charge in [-0.1, -0.05) is 42.3 Å². The van der Waals surface area contributed by atoms with Gasteiger partial charge in [-0.15, -0.1) is 0 Å².